The third kappa shape index (κ3) is 3.47. The second-order valence-electron chi connectivity index (χ2n) is 4.44. The molecule has 0 aromatic heterocycles. The summed E-state index contributed by atoms with van der Waals surface area (Å²) in [6.45, 7) is 2.17. The Bertz CT molecular complexity index is 281. The fourth-order valence-electron chi connectivity index (χ4n) is 2.20. The Hall–Kier alpha value is -1.12. The number of carboxylic acid groups (broad SMARTS) is 1. The molecule has 1 aliphatic rings. The summed E-state index contributed by atoms with van der Waals surface area (Å²) in [6, 6.07) is 0. The summed E-state index contributed by atoms with van der Waals surface area (Å²) in [5, 5.41) is 8.93. The van der Waals surface area contributed by atoms with E-state index in [1.165, 1.54) is 25.3 Å². The summed E-state index contributed by atoms with van der Waals surface area (Å²) in [7, 11) is 0. The lowest BCUT2D eigenvalue weighted by atomic mass is 9.90. The van der Waals surface area contributed by atoms with Crippen LogP contribution in [0.25, 0.3) is 0 Å². The van der Waals surface area contributed by atoms with E-state index in [0.717, 1.165) is 19.3 Å². The standard InChI is InChI=1S/C13H20O3/c1-2-3-4-5-6-7-10-8-9-11(14)12(10)13(15)16/h8-10,12H,2-7H2,1H3,(H,15,16)/t10-,12+/m1/s1. The van der Waals surface area contributed by atoms with E-state index >= 15 is 0 Å². The monoisotopic (exact) mass is 224 g/mol. The molecule has 0 fully saturated rings. The van der Waals surface area contributed by atoms with Gasteiger partial charge in [-0.2, -0.15) is 0 Å². The molecule has 1 rings (SSSR count). The van der Waals surface area contributed by atoms with Crippen LogP contribution in [0, 0.1) is 11.8 Å². The first-order valence-corrected chi connectivity index (χ1v) is 6.11. The zero-order chi connectivity index (χ0) is 12.0. The van der Waals surface area contributed by atoms with E-state index in [1.54, 1.807) is 6.08 Å². The molecule has 0 saturated carbocycles. The summed E-state index contributed by atoms with van der Waals surface area (Å²) >= 11 is 0. The topological polar surface area (TPSA) is 54.4 Å². The van der Waals surface area contributed by atoms with Crippen molar-refractivity contribution < 1.29 is 14.7 Å². The number of allylic oxidation sites excluding steroid dienone is 2. The smallest absolute Gasteiger partial charge is 0.315 e. The van der Waals surface area contributed by atoms with Crippen molar-refractivity contribution in [3.8, 4) is 0 Å². The summed E-state index contributed by atoms with van der Waals surface area (Å²) in [4.78, 5) is 22.2. The number of hydrogen-bond acceptors (Lipinski definition) is 2. The van der Waals surface area contributed by atoms with Gasteiger partial charge in [0.15, 0.2) is 5.78 Å². The molecule has 3 heteroatoms. The summed E-state index contributed by atoms with van der Waals surface area (Å²) in [5.74, 6) is -2.11. The van der Waals surface area contributed by atoms with Crippen molar-refractivity contribution >= 4 is 11.8 Å². The Morgan fingerprint density at radius 3 is 2.62 bits per heavy atom. The normalized spacial score (nSPS) is 23.9. The zero-order valence-electron chi connectivity index (χ0n) is 9.82. The maximum atomic E-state index is 11.3. The maximum Gasteiger partial charge on any atom is 0.315 e. The maximum absolute atomic E-state index is 11.3. The van der Waals surface area contributed by atoms with Crippen LogP contribution in [-0.4, -0.2) is 16.9 Å². The fraction of sp³-hybridized carbons (Fsp3) is 0.692. The van der Waals surface area contributed by atoms with Gasteiger partial charge in [0.1, 0.15) is 5.92 Å². The van der Waals surface area contributed by atoms with Crippen molar-refractivity contribution in [1.29, 1.82) is 0 Å². The quantitative estimate of drug-likeness (QED) is 0.534. The molecule has 0 amide bonds. The lowest BCUT2D eigenvalue weighted by Gasteiger charge is -2.13. The van der Waals surface area contributed by atoms with Crippen LogP contribution in [-0.2, 0) is 9.59 Å². The van der Waals surface area contributed by atoms with Crippen LogP contribution in [0.1, 0.15) is 45.4 Å². The minimum absolute atomic E-state index is 0.0772. The minimum atomic E-state index is -0.978. The van der Waals surface area contributed by atoms with Gasteiger partial charge < -0.3 is 5.11 Å². The van der Waals surface area contributed by atoms with Crippen molar-refractivity contribution in [2.75, 3.05) is 0 Å². The number of aliphatic carboxylic acids is 1. The fourth-order valence-corrected chi connectivity index (χ4v) is 2.20. The molecule has 0 aromatic carbocycles. The first-order chi connectivity index (χ1) is 7.66. The highest BCUT2D eigenvalue weighted by atomic mass is 16.4. The molecule has 3 nitrogen and oxygen atoms in total. The zero-order valence-corrected chi connectivity index (χ0v) is 9.82. The number of ketones is 1. The number of carboxylic acids is 1. The third-order valence-corrected chi connectivity index (χ3v) is 3.15. The Morgan fingerprint density at radius 2 is 2.00 bits per heavy atom. The van der Waals surface area contributed by atoms with Crippen LogP contribution in [0.4, 0.5) is 0 Å². The Kier molecular flexibility index (Phi) is 5.23. The van der Waals surface area contributed by atoms with Crippen molar-refractivity contribution in [2.24, 2.45) is 11.8 Å². The van der Waals surface area contributed by atoms with Crippen molar-refractivity contribution in [2.45, 2.75) is 45.4 Å². The highest BCUT2D eigenvalue weighted by Gasteiger charge is 2.35. The molecule has 0 radical (unpaired) electrons. The van der Waals surface area contributed by atoms with E-state index < -0.39 is 11.9 Å². The van der Waals surface area contributed by atoms with Gasteiger partial charge in [-0.25, -0.2) is 0 Å². The molecule has 0 aromatic rings. The average Bonchev–Trinajstić information content (AvgIpc) is 2.59. The Balaban J connectivity index is 2.28. The number of unbranched alkanes of at least 4 members (excludes halogenated alkanes) is 4. The van der Waals surface area contributed by atoms with Crippen LogP contribution in [0.5, 0.6) is 0 Å². The minimum Gasteiger partial charge on any atom is -0.481 e. The molecule has 0 spiro atoms. The summed E-state index contributed by atoms with van der Waals surface area (Å²) < 4.78 is 0. The predicted octanol–water partition coefficient (Wildman–Crippen LogP) is 2.80. The van der Waals surface area contributed by atoms with E-state index in [2.05, 4.69) is 6.92 Å². The van der Waals surface area contributed by atoms with Gasteiger partial charge in [0.05, 0.1) is 0 Å². The van der Waals surface area contributed by atoms with Crippen LogP contribution >= 0.6 is 0 Å². The first-order valence-electron chi connectivity index (χ1n) is 6.11. The molecule has 0 saturated heterocycles. The van der Waals surface area contributed by atoms with E-state index in [0.29, 0.717) is 0 Å². The second-order valence-corrected chi connectivity index (χ2v) is 4.44. The van der Waals surface area contributed by atoms with Gasteiger partial charge in [-0.3, -0.25) is 9.59 Å². The first kappa shape index (κ1) is 12.9. The van der Waals surface area contributed by atoms with Gasteiger partial charge in [0.25, 0.3) is 0 Å². The molecule has 0 bridgehead atoms. The molecular weight excluding hydrogens is 204 g/mol. The van der Waals surface area contributed by atoms with Crippen molar-refractivity contribution in [1.82, 2.24) is 0 Å². The van der Waals surface area contributed by atoms with Gasteiger partial charge in [-0.15, -0.1) is 0 Å². The van der Waals surface area contributed by atoms with E-state index in [1.807, 2.05) is 0 Å². The van der Waals surface area contributed by atoms with E-state index in [4.69, 9.17) is 5.11 Å². The Morgan fingerprint density at radius 1 is 1.31 bits per heavy atom. The molecule has 1 N–H and O–H groups in total. The molecule has 0 heterocycles. The summed E-state index contributed by atoms with van der Waals surface area (Å²) in [5.41, 5.74) is 0. The molecule has 90 valence electrons. The van der Waals surface area contributed by atoms with E-state index in [-0.39, 0.29) is 11.7 Å². The summed E-state index contributed by atoms with van der Waals surface area (Å²) in [6.07, 6.45) is 9.82. The highest BCUT2D eigenvalue weighted by Crippen LogP contribution is 2.27. The molecule has 2 atom stereocenters. The van der Waals surface area contributed by atoms with Gasteiger partial charge >= 0.3 is 5.97 Å². The molecule has 1 aliphatic carbocycles. The second kappa shape index (κ2) is 6.46. The highest BCUT2D eigenvalue weighted by molar-refractivity contribution is 6.06. The number of rotatable bonds is 7. The van der Waals surface area contributed by atoms with Crippen LogP contribution in [0.2, 0.25) is 0 Å². The van der Waals surface area contributed by atoms with Crippen LogP contribution in [0.15, 0.2) is 12.2 Å². The number of hydrogen-bond donors (Lipinski definition) is 1. The van der Waals surface area contributed by atoms with Gasteiger partial charge in [0.2, 0.25) is 0 Å². The van der Waals surface area contributed by atoms with Crippen LogP contribution in [0.3, 0.4) is 0 Å². The number of carbonyl (C=O) groups excluding carboxylic acids is 1. The average molecular weight is 224 g/mol. The Labute approximate surface area is 96.5 Å². The van der Waals surface area contributed by atoms with Crippen molar-refractivity contribution in [3.05, 3.63) is 12.2 Å². The van der Waals surface area contributed by atoms with Gasteiger partial charge in [-0.1, -0.05) is 45.1 Å². The SMILES string of the molecule is CCCCCCC[C@@H]1C=CC(=O)[C@H]1C(=O)O. The molecular formula is C13H20O3. The largest absolute Gasteiger partial charge is 0.481 e. The van der Waals surface area contributed by atoms with Gasteiger partial charge in [-0.05, 0) is 18.4 Å². The lowest BCUT2D eigenvalue weighted by molar-refractivity contribution is -0.146. The predicted molar refractivity (Wildman–Crippen MR) is 62.1 cm³/mol. The lowest BCUT2D eigenvalue weighted by Crippen LogP contribution is -2.25. The molecule has 0 aliphatic heterocycles. The van der Waals surface area contributed by atoms with Gasteiger partial charge in [0, 0.05) is 0 Å². The van der Waals surface area contributed by atoms with E-state index in [9.17, 15) is 9.59 Å². The van der Waals surface area contributed by atoms with Crippen molar-refractivity contribution in [3.63, 3.8) is 0 Å². The molecule has 0 unspecified atom stereocenters. The number of carbonyl (C=O) groups is 2. The third-order valence-electron chi connectivity index (χ3n) is 3.15. The molecule has 16 heavy (non-hydrogen) atoms. The van der Waals surface area contributed by atoms with Crippen LogP contribution < -0.4 is 0 Å².